The lowest BCUT2D eigenvalue weighted by Gasteiger charge is -2.01. The highest BCUT2D eigenvalue weighted by molar-refractivity contribution is 5.85. The van der Waals surface area contributed by atoms with Crippen LogP contribution in [0.15, 0.2) is 40.9 Å². The van der Waals surface area contributed by atoms with E-state index in [1.54, 1.807) is 6.07 Å². The van der Waals surface area contributed by atoms with Gasteiger partial charge in [-0.3, -0.25) is 0 Å². The third-order valence-electron chi connectivity index (χ3n) is 2.26. The average Bonchev–Trinajstić information content (AvgIpc) is 2.86. The summed E-state index contributed by atoms with van der Waals surface area (Å²) >= 11 is 0. The molecule has 0 aliphatic carbocycles. The molecule has 0 fully saturated rings. The molecule has 2 rings (SSSR count). The molecule has 0 aliphatic rings. The minimum absolute atomic E-state index is 0. The molecular weight excluding hydrogens is 268 g/mol. The summed E-state index contributed by atoms with van der Waals surface area (Å²) in [6.07, 6.45) is 0.794. The number of rotatable bonds is 7. The van der Waals surface area contributed by atoms with Crippen LogP contribution in [0.3, 0.4) is 0 Å². The average molecular weight is 285 g/mol. The van der Waals surface area contributed by atoms with Crippen LogP contribution >= 0.6 is 12.4 Å². The van der Waals surface area contributed by atoms with Gasteiger partial charge >= 0.3 is 0 Å². The summed E-state index contributed by atoms with van der Waals surface area (Å²) < 4.78 is 15.9. The number of ether oxygens (including phenoxy) is 2. The Hall–Kier alpha value is -1.72. The summed E-state index contributed by atoms with van der Waals surface area (Å²) in [4.78, 5) is 0. The van der Waals surface area contributed by atoms with Gasteiger partial charge in [0.25, 0.3) is 5.88 Å². The lowest BCUT2D eigenvalue weighted by atomic mass is 10.3. The first-order valence-corrected chi connectivity index (χ1v) is 5.85. The van der Waals surface area contributed by atoms with Crippen LogP contribution in [0.5, 0.6) is 11.6 Å². The van der Waals surface area contributed by atoms with Crippen LogP contribution in [-0.2, 0) is 6.61 Å². The second-order valence-electron chi connectivity index (χ2n) is 3.72. The molecule has 1 heterocycles. The van der Waals surface area contributed by atoms with Gasteiger partial charge in [0.1, 0.15) is 12.4 Å². The van der Waals surface area contributed by atoms with Crippen molar-refractivity contribution in [1.29, 1.82) is 0 Å². The second-order valence-corrected chi connectivity index (χ2v) is 3.72. The Balaban J connectivity index is 0.00000180. The lowest BCUT2D eigenvalue weighted by Crippen LogP contribution is -2.06. The van der Waals surface area contributed by atoms with Crippen molar-refractivity contribution in [2.45, 2.75) is 13.0 Å². The predicted octanol–water partition coefficient (Wildman–Crippen LogP) is 2.40. The number of benzene rings is 1. The molecule has 0 unspecified atom stereocenters. The molecule has 0 radical (unpaired) electrons. The molecule has 0 spiro atoms. The molecule has 1 aromatic carbocycles. The summed E-state index contributed by atoms with van der Waals surface area (Å²) in [5, 5.41) is 3.78. The summed E-state index contributed by atoms with van der Waals surface area (Å²) in [5.41, 5.74) is 5.37. The van der Waals surface area contributed by atoms with Crippen molar-refractivity contribution in [2.24, 2.45) is 5.73 Å². The van der Waals surface area contributed by atoms with Crippen LogP contribution < -0.4 is 15.2 Å². The van der Waals surface area contributed by atoms with E-state index < -0.39 is 0 Å². The van der Waals surface area contributed by atoms with E-state index in [2.05, 4.69) is 5.16 Å². The molecule has 0 aliphatic heterocycles. The summed E-state index contributed by atoms with van der Waals surface area (Å²) in [7, 11) is 0. The molecule has 104 valence electrons. The molecule has 2 aromatic rings. The quantitative estimate of drug-likeness (QED) is 0.791. The third-order valence-corrected chi connectivity index (χ3v) is 2.26. The number of nitrogens with zero attached hydrogens (tertiary/aromatic N) is 1. The smallest absolute Gasteiger partial charge is 0.254 e. The lowest BCUT2D eigenvalue weighted by molar-refractivity contribution is 0.238. The van der Waals surface area contributed by atoms with Crippen molar-refractivity contribution in [3.8, 4) is 11.6 Å². The van der Waals surface area contributed by atoms with E-state index in [1.165, 1.54) is 0 Å². The van der Waals surface area contributed by atoms with Crippen molar-refractivity contribution >= 4 is 12.4 Å². The van der Waals surface area contributed by atoms with Gasteiger partial charge in [-0.2, -0.15) is 0 Å². The van der Waals surface area contributed by atoms with Crippen molar-refractivity contribution < 1.29 is 14.0 Å². The zero-order valence-corrected chi connectivity index (χ0v) is 11.3. The maximum atomic E-state index is 5.52. The Kier molecular flexibility index (Phi) is 6.78. The molecule has 19 heavy (non-hydrogen) atoms. The van der Waals surface area contributed by atoms with Crippen molar-refractivity contribution in [3.05, 3.63) is 42.2 Å². The molecule has 0 bridgehead atoms. The zero-order chi connectivity index (χ0) is 12.6. The van der Waals surface area contributed by atoms with Gasteiger partial charge in [0, 0.05) is 6.07 Å². The fraction of sp³-hybridized carbons (Fsp3) is 0.308. The van der Waals surface area contributed by atoms with Crippen LogP contribution in [0.25, 0.3) is 0 Å². The number of hydrogen-bond donors (Lipinski definition) is 1. The van der Waals surface area contributed by atoms with E-state index in [1.807, 2.05) is 30.3 Å². The van der Waals surface area contributed by atoms with Gasteiger partial charge in [0.15, 0.2) is 5.76 Å². The highest BCUT2D eigenvalue weighted by Crippen LogP contribution is 2.15. The third kappa shape index (κ3) is 5.19. The molecule has 0 saturated carbocycles. The van der Waals surface area contributed by atoms with Gasteiger partial charge in [-0.1, -0.05) is 18.2 Å². The molecule has 5 nitrogen and oxygen atoms in total. The monoisotopic (exact) mass is 284 g/mol. The van der Waals surface area contributed by atoms with Crippen LogP contribution in [-0.4, -0.2) is 18.3 Å². The SMILES string of the molecule is Cl.NCCCOc1cc(COc2ccccc2)on1. The summed E-state index contributed by atoms with van der Waals surface area (Å²) in [6, 6.07) is 11.3. The molecule has 0 amide bonds. The van der Waals surface area contributed by atoms with Crippen molar-refractivity contribution in [3.63, 3.8) is 0 Å². The summed E-state index contributed by atoms with van der Waals surface area (Å²) in [6.45, 7) is 1.47. The van der Waals surface area contributed by atoms with E-state index in [0.717, 1.165) is 12.2 Å². The van der Waals surface area contributed by atoms with E-state index in [-0.39, 0.29) is 12.4 Å². The van der Waals surface area contributed by atoms with Gasteiger partial charge in [-0.25, -0.2) is 0 Å². The van der Waals surface area contributed by atoms with Gasteiger partial charge < -0.3 is 19.7 Å². The molecular formula is C13H17ClN2O3. The minimum atomic E-state index is 0. The maximum absolute atomic E-state index is 5.52. The molecule has 0 atom stereocenters. The number of aromatic nitrogens is 1. The summed E-state index contributed by atoms with van der Waals surface area (Å²) in [5.74, 6) is 1.89. The van der Waals surface area contributed by atoms with Crippen LogP contribution in [0, 0.1) is 0 Å². The first-order chi connectivity index (χ1) is 8.88. The highest BCUT2D eigenvalue weighted by atomic mass is 35.5. The van der Waals surface area contributed by atoms with Crippen LogP contribution in [0.2, 0.25) is 0 Å². The Labute approximate surface area is 118 Å². The fourth-order valence-corrected chi connectivity index (χ4v) is 1.36. The topological polar surface area (TPSA) is 70.5 Å². The van der Waals surface area contributed by atoms with Gasteiger partial charge in [-0.05, 0) is 30.3 Å². The van der Waals surface area contributed by atoms with E-state index in [4.69, 9.17) is 19.7 Å². The molecule has 0 saturated heterocycles. The van der Waals surface area contributed by atoms with Gasteiger partial charge in [-0.15, -0.1) is 12.4 Å². The fourth-order valence-electron chi connectivity index (χ4n) is 1.36. The van der Waals surface area contributed by atoms with Crippen molar-refractivity contribution in [1.82, 2.24) is 5.16 Å². The molecule has 6 heteroatoms. The number of hydrogen-bond acceptors (Lipinski definition) is 5. The first kappa shape index (κ1) is 15.3. The first-order valence-electron chi connectivity index (χ1n) is 5.85. The Bertz CT molecular complexity index is 462. The number of halogens is 1. The maximum Gasteiger partial charge on any atom is 0.254 e. The minimum Gasteiger partial charge on any atom is -0.486 e. The number of para-hydroxylation sites is 1. The largest absolute Gasteiger partial charge is 0.486 e. The highest BCUT2D eigenvalue weighted by Gasteiger charge is 2.05. The van der Waals surface area contributed by atoms with E-state index in [9.17, 15) is 0 Å². The van der Waals surface area contributed by atoms with Gasteiger partial charge in [0.2, 0.25) is 0 Å². The van der Waals surface area contributed by atoms with E-state index in [0.29, 0.717) is 31.4 Å². The normalized spacial score (nSPS) is 9.74. The Morgan fingerprint density at radius 2 is 1.95 bits per heavy atom. The van der Waals surface area contributed by atoms with Gasteiger partial charge in [0.05, 0.1) is 6.61 Å². The zero-order valence-electron chi connectivity index (χ0n) is 10.5. The van der Waals surface area contributed by atoms with Crippen LogP contribution in [0.1, 0.15) is 12.2 Å². The number of nitrogens with two attached hydrogens (primary N) is 1. The Morgan fingerprint density at radius 3 is 2.68 bits per heavy atom. The molecule has 2 N–H and O–H groups in total. The van der Waals surface area contributed by atoms with Crippen molar-refractivity contribution in [2.75, 3.05) is 13.2 Å². The Morgan fingerprint density at radius 1 is 1.16 bits per heavy atom. The second kappa shape index (κ2) is 8.39. The standard InChI is InChI=1S/C13H16N2O3.ClH/c14-7-4-8-16-13-9-12(18-15-13)10-17-11-5-2-1-3-6-11;/h1-3,5-6,9H,4,7-8,10,14H2;1H. The van der Waals surface area contributed by atoms with Crippen LogP contribution in [0.4, 0.5) is 0 Å². The molecule has 1 aromatic heterocycles. The predicted molar refractivity (Wildman–Crippen MR) is 73.7 cm³/mol. The van der Waals surface area contributed by atoms with E-state index >= 15 is 0 Å².